The van der Waals surface area contributed by atoms with Crippen molar-refractivity contribution in [1.82, 2.24) is 15.3 Å². The predicted octanol–water partition coefficient (Wildman–Crippen LogP) is 1.44. The lowest BCUT2D eigenvalue weighted by Crippen LogP contribution is -2.25. The van der Waals surface area contributed by atoms with Crippen LogP contribution >= 0.6 is 0 Å². The van der Waals surface area contributed by atoms with E-state index in [2.05, 4.69) is 15.3 Å². The maximum absolute atomic E-state index is 5.62. The van der Waals surface area contributed by atoms with Gasteiger partial charge >= 0.3 is 6.01 Å². The largest absolute Gasteiger partial charge is 0.460 e. The van der Waals surface area contributed by atoms with E-state index in [1.54, 1.807) is 0 Å². The molecule has 0 atom stereocenters. The number of nitrogens with zero attached hydrogens (tertiary/aromatic N) is 2. The zero-order valence-corrected chi connectivity index (χ0v) is 9.29. The van der Waals surface area contributed by atoms with Gasteiger partial charge in [-0.25, -0.2) is 9.97 Å². The second-order valence-electron chi connectivity index (χ2n) is 3.96. The van der Waals surface area contributed by atoms with Crippen LogP contribution in [-0.2, 0) is 6.54 Å². The highest BCUT2D eigenvalue weighted by molar-refractivity contribution is 5.17. The molecule has 1 fully saturated rings. The van der Waals surface area contributed by atoms with E-state index in [1.165, 1.54) is 6.42 Å². The van der Waals surface area contributed by atoms with Gasteiger partial charge in [-0.15, -0.1) is 0 Å². The average molecular weight is 207 g/mol. The lowest BCUT2D eigenvalue weighted by Gasteiger charge is -2.25. The van der Waals surface area contributed by atoms with Crippen LogP contribution in [0.15, 0.2) is 6.20 Å². The summed E-state index contributed by atoms with van der Waals surface area (Å²) < 4.78 is 5.62. The topological polar surface area (TPSA) is 47.0 Å². The summed E-state index contributed by atoms with van der Waals surface area (Å²) in [5.41, 5.74) is 2.12. The molecule has 0 bridgehead atoms. The third-order valence-corrected chi connectivity index (χ3v) is 2.75. The summed E-state index contributed by atoms with van der Waals surface area (Å²) in [5, 5.41) is 3.09. The van der Waals surface area contributed by atoms with Crippen molar-refractivity contribution in [2.75, 3.05) is 7.05 Å². The fraction of sp³-hybridized carbons (Fsp3) is 0.636. The first-order valence-corrected chi connectivity index (χ1v) is 5.43. The van der Waals surface area contributed by atoms with Gasteiger partial charge in [0.2, 0.25) is 0 Å². The van der Waals surface area contributed by atoms with Gasteiger partial charge in [0, 0.05) is 24.0 Å². The first-order valence-electron chi connectivity index (χ1n) is 5.43. The summed E-state index contributed by atoms with van der Waals surface area (Å²) >= 11 is 0. The van der Waals surface area contributed by atoms with Crippen LogP contribution in [0.2, 0.25) is 0 Å². The van der Waals surface area contributed by atoms with Crippen molar-refractivity contribution in [1.29, 1.82) is 0 Å². The fourth-order valence-corrected chi connectivity index (χ4v) is 1.53. The van der Waals surface area contributed by atoms with Gasteiger partial charge in [-0.3, -0.25) is 0 Å². The molecule has 0 amide bonds. The van der Waals surface area contributed by atoms with Crippen molar-refractivity contribution in [2.45, 2.75) is 38.8 Å². The smallest absolute Gasteiger partial charge is 0.316 e. The van der Waals surface area contributed by atoms with Crippen molar-refractivity contribution in [3.05, 3.63) is 17.5 Å². The molecule has 4 heteroatoms. The monoisotopic (exact) mass is 207 g/mol. The number of ether oxygens (including phenoxy) is 1. The van der Waals surface area contributed by atoms with E-state index in [4.69, 9.17) is 4.74 Å². The summed E-state index contributed by atoms with van der Waals surface area (Å²) in [6.45, 7) is 2.79. The van der Waals surface area contributed by atoms with Crippen molar-refractivity contribution >= 4 is 0 Å². The molecular formula is C11H17N3O. The molecule has 1 N–H and O–H groups in total. The Morgan fingerprint density at radius 2 is 2.33 bits per heavy atom. The van der Waals surface area contributed by atoms with Gasteiger partial charge in [-0.1, -0.05) is 0 Å². The van der Waals surface area contributed by atoms with Gasteiger partial charge < -0.3 is 10.1 Å². The summed E-state index contributed by atoms with van der Waals surface area (Å²) in [6.07, 6.45) is 5.73. The van der Waals surface area contributed by atoms with Gasteiger partial charge in [-0.05, 0) is 33.2 Å². The molecule has 82 valence electrons. The van der Waals surface area contributed by atoms with Gasteiger partial charge in [-0.2, -0.15) is 0 Å². The Morgan fingerprint density at radius 1 is 1.53 bits per heavy atom. The number of rotatable bonds is 4. The summed E-state index contributed by atoms with van der Waals surface area (Å²) in [4.78, 5) is 8.55. The molecule has 1 aromatic heterocycles. The van der Waals surface area contributed by atoms with Crippen LogP contribution in [0.5, 0.6) is 6.01 Å². The highest BCUT2D eigenvalue weighted by atomic mass is 16.5. The van der Waals surface area contributed by atoms with Crippen LogP contribution in [0.1, 0.15) is 30.5 Å². The van der Waals surface area contributed by atoms with Crippen LogP contribution in [0.3, 0.4) is 0 Å². The Bertz CT molecular complexity index is 337. The Labute approximate surface area is 90.1 Å². The van der Waals surface area contributed by atoms with Crippen LogP contribution in [0.25, 0.3) is 0 Å². The Morgan fingerprint density at radius 3 is 2.87 bits per heavy atom. The van der Waals surface area contributed by atoms with E-state index in [9.17, 15) is 0 Å². The van der Waals surface area contributed by atoms with Crippen LogP contribution in [-0.4, -0.2) is 23.1 Å². The molecule has 0 radical (unpaired) electrons. The number of aryl methyl sites for hydroxylation is 1. The second kappa shape index (κ2) is 4.57. The van der Waals surface area contributed by atoms with Gasteiger partial charge in [0.25, 0.3) is 0 Å². The Balaban J connectivity index is 2.03. The molecule has 1 aliphatic rings. The molecular weight excluding hydrogens is 190 g/mol. The van der Waals surface area contributed by atoms with Crippen molar-refractivity contribution in [2.24, 2.45) is 0 Å². The van der Waals surface area contributed by atoms with E-state index in [-0.39, 0.29) is 0 Å². The van der Waals surface area contributed by atoms with Crippen LogP contribution in [0, 0.1) is 6.92 Å². The number of aromatic nitrogens is 2. The molecule has 0 saturated heterocycles. The fourth-order valence-electron chi connectivity index (χ4n) is 1.53. The van der Waals surface area contributed by atoms with E-state index in [1.807, 2.05) is 20.2 Å². The first-order chi connectivity index (χ1) is 7.29. The van der Waals surface area contributed by atoms with Crippen molar-refractivity contribution in [3.8, 4) is 6.01 Å². The van der Waals surface area contributed by atoms with E-state index in [0.717, 1.165) is 30.6 Å². The van der Waals surface area contributed by atoms with E-state index >= 15 is 0 Å². The molecule has 0 aromatic carbocycles. The van der Waals surface area contributed by atoms with Crippen LogP contribution < -0.4 is 10.1 Å². The molecule has 0 unspecified atom stereocenters. The molecule has 1 heterocycles. The van der Waals surface area contributed by atoms with E-state index < -0.39 is 0 Å². The number of hydrogen-bond donors (Lipinski definition) is 1. The second-order valence-corrected chi connectivity index (χ2v) is 3.96. The van der Waals surface area contributed by atoms with Crippen molar-refractivity contribution < 1.29 is 4.74 Å². The predicted molar refractivity (Wildman–Crippen MR) is 57.8 cm³/mol. The Kier molecular flexibility index (Phi) is 3.16. The molecule has 1 saturated carbocycles. The zero-order valence-electron chi connectivity index (χ0n) is 9.29. The number of hydrogen-bond acceptors (Lipinski definition) is 4. The third-order valence-electron chi connectivity index (χ3n) is 2.75. The normalized spacial score (nSPS) is 16.1. The molecule has 1 aliphatic carbocycles. The highest BCUT2D eigenvalue weighted by Crippen LogP contribution is 2.23. The molecule has 4 nitrogen and oxygen atoms in total. The zero-order chi connectivity index (χ0) is 10.7. The van der Waals surface area contributed by atoms with E-state index in [0.29, 0.717) is 12.1 Å². The van der Waals surface area contributed by atoms with Crippen LogP contribution in [0.4, 0.5) is 0 Å². The Hall–Kier alpha value is -1.16. The van der Waals surface area contributed by atoms with Gasteiger partial charge in [0.15, 0.2) is 0 Å². The van der Waals surface area contributed by atoms with Gasteiger partial charge in [0.05, 0.1) is 0 Å². The highest BCUT2D eigenvalue weighted by Gasteiger charge is 2.20. The minimum Gasteiger partial charge on any atom is -0.460 e. The summed E-state index contributed by atoms with van der Waals surface area (Å²) in [7, 11) is 1.91. The standard InChI is InChI=1S/C11H17N3O/c1-8-9(6-12-2)7-13-11(14-8)15-10-4-3-5-10/h7,10,12H,3-6H2,1-2H3. The maximum Gasteiger partial charge on any atom is 0.316 e. The summed E-state index contributed by atoms with van der Waals surface area (Å²) in [5.74, 6) is 0. The summed E-state index contributed by atoms with van der Waals surface area (Å²) in [6, 6.07) is 0.525. The third kappa shape index (κ3) is 2.45. The molecule has 15 heavy (non-hydrogen) atoms. The quantitative estimate of drug-likeness (QED) is 0.811. The molecule has 2 rings (SSSR count). The van der Waals surface area contributed by atoms with Gasteiger partial charge in [0.1, 0.15) is 6.10 Å². The SMILES string of the molecule is CNCc1cnc(OC2CCC2)nc1C. The molecule has 0 aliphatic heterocycles. The lowest BCUT2D eigenvalue weighted by molar-refractivity contribution is 0.108. The number of nitrogens with one attached hydrogen (secondary N) is 1. The minimum atomic E-state index is 0.347. The molecule has 1 aromatic rings. The lowest BCUT2D eigenvalue weighted by atomic mass is 9.96. The molecule has 0 spiro atoms. The first kappa shape index (κ1) is 10.4. The maximum atomic E-state index is 5.62. The average Bonchev–Trinajstić information content (AvgIpc) is 2.16. The van der Waals surface area contributed by atoms with Crippen molar-refractivity contribution in [3.63, 3.8) is 0 Å². The minimum absolute atomic E-state index is 0.347.